The Morgan fingerprint density at radius 2 is 1.96 bits per heavy atom. The molecule has 3 rings (SSSR count). The lowest BCUT2D eigenvalue weighted by atomic mass is 10.1. The fourth-order valence-corrected chi connectivity index (χ4v) is 4.48. The molecule has 24 heavy (non-hydrogen) atoms. The molecule has 0 saturated heterocycles. The number of hydrogen-bond donors (Lipinski definition) is 1. The summed E-state index contributed by atoms with van der Waals surface area (Å²) in [6.07, 6.45) is 0. The van der Waals surface area contributed by atoms with Gasteiger partial charge in [0.2, 0.25) is 15.9 Å². The molecule has 0 unspecified atom stereocenters. The van der Waals surface area contributed by atoms with Crippen LogP contribution in [0.2, 0.25) is 5.02 Å². The van der Waals surface area contributed by atoms with E-state index in [1.807, 2.05) is 37.3 Å². The van der Waals surface area contributed by atoms with E-state index in [1.54, 1.807) is 18.2 Å². The summed E-state index contributed by atoms with van der Waals surface area (Å²) in [5.41, 5.74) is 2.09. The average Bonchev–Trinajstić information content (AvgIpc) is 2.78. The van der Waals surface area contributed by atoms with Gasteiger partial charge in [0.05, 0.1) is 17.5 Å². The Balaban J connectivity index is 1.76. The molecule has 126 valence electrons. The number of halogens is 1. The normalized spacial score (nSPS) is 16.5. The summed E-state index contributed by atoms with van der Waals surface area (Å²) in [6, 6.07) is 14.2. The van der Waals surface area contributed by atoms with Gasteiger partial charge >= 0.3 is 0 Å². The molecule has 0 saturated carbocycles. The van der Waals surface area contributed by atoms with Crippen LogP contribution in [0.25, 0.3) is 0 Å². The van der Waals surface area contributed by atoms with Crippen LogP contribution in [-0.4, -0.2) is 20.9 Å². The van der Waals surface area contributed by atoms with E-state index in [2.05, 4.69) is 5.32 Å². The predicted octanol–water partition coefficient (Wildman–Crippen LogP) is 2.87. The van der Waals surface area contributed by atoms with Gasteiger partial charge in [-0.1, -0.05) is 48.0 Å². The van der Waals surface area contributed by atoms with Crippen molar-refractivity contribution in [1.29, 1.82) is 0 Å². The van der Waals surface area contributed by atoms with E-state index in [0.717, 1.165) is 9.87 Å². The van der Waals surface area contributed by atoms with E-state index in [1.165, 1.54) is 0 Å². The minimum atomic E-state index is -3.54. The number of nitrogens with one attached hydrogen (secondary N) is 1. The molecule has 0 aromatic heterocycles. The second-order valence-corrected chi connectivity index (χ2v) is 8.07. The molecule has 1 atom stereocenters. The van der Waals surface area contributed by atoms with Gasteiger partial charge in [0.25, 0.3) is 0 Å². The third-order valence-electron chi connectivity index (χ3n) is 3.95. The molecule has 1 N–H and O–H groups in total. The summed E-state index contributed by atoms with van der Waals surface area (Å²) in [6.45, 7) is 1.60. The van der Waals surface area contributed by atoms with Crippen LogP contribution in [0.4, 0.5) is 5.69 Å². The molecular formula is C17H17ClN2O3S. The molecule has 1 aliphatic rings. The molecule has 1 amide bonds. The van der Waals surface area contributed by atoms with Crippen molar-refractivity contribution in [3.05, 3.63) is 64.7 Å². The number of hydrogen-bond acceptors (Lipinski definition) is 3. The maximum absolute atomic E-state index is 12.3. The van der Waals surface area contributed by atoms with E-state index in [9.17, 15) is 13.2 Å². The Hall–Kier alpha value is -2.05. The van der Waals surface area contributed by atoms with Crippen LogP contribution in [0.1, 0.15) is 24.1 Å². The van der Waals surface area contributed by atoms with Gasteiger partial charge < -0.3 is 5.32 Å². The van der Waals surface area contributed by atoms with Crippen molar-refractivity contribution >= 4 is 33.2 Å². The van der Waals surface area contributed by atoms with Crippen LogP contribution >= 0.6 is 11.6 Å². The molecule has 0 fully saturated rings. The monoisotopic (exact) mass is 364 g/mol. The first kappa shape index (κ1) is 16.8. The zero-order valence-electron chi connectivity index (χ0n) is 13.1. The third kappa shape index (κ3) is 3.39. The molecule has 1 heterocycles. The largest absolute Gasteiger partial charge is 0.348 e. The minimum absolute atomic E-state index is 0.110. The zero-order valence-corrected chi connectivity index (χ0v) is 14.6. The summed E-state index contributed by atoms with van der Waals surface area (Å²) >= 11 is 5.96. The molecule has 1 aliphatic heterocycles. The van der Waals surface area contributed by atoms with Crippen LogP contribution < -0.4 is 9.62 Å². The van der Waals surface area contributed by atoms with Gasteiger partial charge in [-0.05, 0) is 30.2 Å². The van der Waals surface area contributed by atoms with Crippen molar-refractivity contribution in [3.8, 4) is 0 Å². The first-order valence-electron chi connectivity index (χ1n) is 7.50. The Labute approximate surface area is 146 Å². The SMILES string of the molecule is C[C@@H](NC(=O)CN1c2cc(Cl)ccc2CS1(=O)=O)c1ccccc1. The van der Waals surface area contributed by atoms with E-state index < -0.39 is 10.0 Å². The lowest BCUT2D eigenvalue weighted by Crippen LogP contribution is -2.39. The number of amides is 1. The van der Waals surface area contributed by atoms with Crippen molar-refractivity contribution < 1.29 is 13.2 Å². The molecule has 2 aromatic rings. The topological polar surface area (TPSA) is 66.5 Å². The maximum Gasteiger partial charge on any atom is 0.241 e. The lowest BCUT2D eigenvalue weighted by Gasteiger charge is -2.20. The summed E-state index contributed by atoms with van der Waals surface area (Å²) in [5.74, 6) is -0.469. The Morgan fingerprint density at radius 3 is 2.67 bits per heavy atom. The van der Waals surface area contributed by atoms with Crippen LogP contribution in [-0.2, 0) is 20.6 Å². The summed E-state index contributed by atoms with van der Waals surface area (Å²) in [7, 11) is -3.54. The van der Waals surface area contributed by atoms with Gasteiger partial charge in [-0.25, -0.2) is 8.42 Å². The number of rotatable bonds is 4. The summed E-state index contributed by atoms with van der Waals surface area (Å²) in [5, 5.41) is 3.27. The molecule has 0 bridgehead atoms. The average molecular weight is 365 g/mol. The lowest BCUT2D eigenvalue weighted by molar-refractivity contribution is -0.120. The van der Waals surface area contributed by atoms with E-state index >= 15 is 0 Å². The molecule has 0 aliphatic carbocycles. The first-order valence-corrected chi connectivity index (χ1v) is 9.49. The van der Waals surface area contributed by atoms with Crippen molar-refractivity contribution in [1.82, 2.24) is 5.32 Å². The molecular weight excluding hydrogens is 348 g/mol. The second kappa shape index (κ2) is 6.45. The summed E-state index contributed by atoms with van der Waals surface area (Å²) < 4.78 is 25.8. The van der Waals surface area contributed by atoms with Crippen LogP contribution in [0.15, 0.2) is 48.5 Å². The number of carbonyl (C=O) groups excluding carboxylic acids is 1. The predicted molar refractivity (Wildman–Crippen MR) is 94.4 cm³/mol. The zero-order chi connectivity index (χ0) is 17.3. The van der Waals surface area contributed by atoms with Crippen LogP contribution in [0.5, 0.6) is 0 Å². The second-order valence-electron chi connectivity index (χ2n) is 5.74. The maximum atomic E-state index is 12.3. The van der Waals surface area contributed by atoms with Crippen molar-refractivity contribution in [2.24, 2.45) is 0 Å². The number of carbonyl (C=O) groups is 1. The first-order chi connectivity index (χ1) is 11.4. The fourth-order valence-electron chi connectivity index (χ4n) is 2.74. The van der Waals surface area contributed by atoms with E-state index in [-0.39, 0.29) is 24.2 Å². The number of anilines is 1. The van der Waals surface area contributed by atoms with Gasteiger partial charge in [-0.3, -0.25) is 9.10 Å². The third-order valence-corrected chi connectivity index (χ3v) is 5.86. The smallest absolute Gasteiger partial charge is 0.241 e. The highest BCUT2D eigenvalue weighted by Crippen LogP contribution is 2.35. The number of fused-ring (bicyclic) bond motifs is 1. The van der Waals surface area contributed by atoms with Crippen molar-refractivity contribution in [3.63, 3.8) is 0 Å². The Morgan fingerprint density at radius 1 is 1.25 bits per heavy atom. The van der Waals surface area contributed by atoms with Gasteiger partial charge in [0.1, 0.15) is 6.54 Å². The fraction of sp³-hybridized carbons (Fsp3) is 0.235. The number of sulfonamides is 1. The van der Waals surface area contributed by atoms with Gasteiger partial charge in [-0.2, -0.15) is 0 Å². The van der Waals surface area contributed by atoms with E-state index in [0.29, 0.717) is 16.3 Å². The number of nitrogens with zero attached hydrogens (tertiary/aromatic N) is 1. The molecule has 0 spiro atoms. The van der Waals surface area contributed by atoms with Gasteiger partial charge in [-0.15, -0.1) is 0 Å². The Kier molecular flexibility index (Phi) is 4.51. The van der Waals surface area contributed by atoms with Crippen molar-refractivity contribution in [2.45, 2.75) is 18.7 Å². The van der Waals surface area contributed by atoms with Crippen LogP contribution in [0, 0.1) is 0 Å². The quantitative estimate of drug-likeness (QED) is 0.907. The molecule has 5 nitrogen and oxygen atoms in total. The Bertz CT molecular complexity index is 869. The summed E-state index contributed by atoms with van der Waals surface area (Å²) in [4.78, 5) is 12.3. The molecule has 2 aromatic carbocycles. The number of benzene rings is 2. The highest BCUT2D eigenvalue weighted by atomic mass is 35.5. The molecule has 7 heteroatoms. The van der Waals surface area contributed by atoms with Gasteiger partial charge in [0.15, 0.2) is 0 Å². The minimum Gasteiger partial charge on any atom is -0.348 e. The highest BCUT2D eigenvalue weighted by Gasteiger charge is 2.34. The van der Waals surface area contributed by atoms with Crippen LogP contribution in [0.3, 0.4) is 0 Å². The highest BCUT2D eigenvalue weighted by molar-refractivity contribution is 7.92. The van der Waals surface area contributed by atoms with E-state index in [4.69, 9.17) is 11.6 Å². The molecule has 0 radical (unpaired) electrons. The standard InChI is InChI=1S/C17H17ClN2O3S/c1-12(13-5-3-2-4-6-13)19-17(21)10-20-16-9-15(18)8-7-14(16)11-24(20,22)23/h2-9,12H,10-11H2,1H3,(H,19,21)/t12-/m1/s1. The van der Waals surface area contributed by atoms with Gasteiger partial charge in [0, 0.05) is 5.02 Å². The van der Waals surface area contributed by atoms with Crippen molar-refractivity contribution in [2.75, 3.05) is 10.8 Å².